The predicted molar refractivity (Wildman–Crippen MR) is 122 cm³/mol. The molecule has 5 heterocycles. The summed E-state index contributed by atoms with van der Waals surface area (Å²) in [5, 5.41) is 7.20. The van der Waals surface area contributed by atoms with Crippen LogP contribution in [0.15, 0.2) is 42.9 Å². The highest BCUT2D eigenvalue weighted by Crippen LogP contribution is 2.33. The van der Waals surface area contributed by atoms with Crippen LogP contribution in [0, 0.1) is 0 Å². The zero-order valence-electron chi connectivity index (χ0n) is 19.3. The summed E-state index contributed by atoms with van der Waals surface area (Å²) < 4.78 is 51.8. The molecule has 1 amide bonds. The first-order chi connectivity index (χ1) is 17.2. The van der Waals surface area contributed by atoms with Crippen molar-refractivity contribution in [2.45, 2.75) is 32.3 Å². The zero-order valence-corrected chi connectivity index (χ0v) is 19.3. The van der Waals surface area contributed by atoms with Crippen molar-refractivity contribution in [2.24, 2.45) is 0 Å². The third-order valence-corrected chi connectivity index (χ3v) is 5.83. The second-order valence-corrected chi connectivity index (χ2v) is 8.47. The average Bonchev–Trinajstić information content (AvgIpc) is 3.31. The summed E-state index contributed by atoms with van der Waals surface area (Å²) in [5.74, 6) is -0.404. The molecule has 0 radical (unpaired) electrons. The lowest BCUT2D eigenvalue weighted by Gasteiger charge is -2.28. The van der Waals surface area contributed by atoms with Gasteiger partial charge in [0, 0.05) is 29.5 Å². The number of hydrogen-bond acceptors (Lipinski definition) is 7. The predicted octanol–water partition coefficient (Wildman–Crippen LogP) is 3.94. The van der Waals surface area contributed by atoms with Gasteiger partial charge in [0.25, 0.3) is 5.91 Å². The molecule has 1 aliphatic heterocycles. The number of carbonyl (C=O) groups is 1. The fraction of sp³-hybridized carbons (Fsp3) is 0.292. The highest BCUT2D eigenvalue weighted by Gasteiger charge is 2.34. The van der Waals surface area contributed by atoms with Gasteiger partial charge in [0.05, 0.1) is 60.6 Å². The van der Waals surface area contributed by atoms with E-state index in [0.29, 0.717) is 38.4 Å². The van der Waals surface area contributed by atoms with Crippen LogP contribution in [0.5, 0.6) is 5.88 Å². The molecule has 36 heavy (non-hydrogen) atoms. The van der Waals surface area contributed by atoms with Gasteiger partial charge in [-0.2, -0.15) is 8.78 Å². The molecule has 4 aromatic heterocycles. The molecule has 1 aliphatic rings. The van der Waals surface area contributed by atoms with E-state index in [4.69, 9.17) is 9.47 Å². The van der Waals surface area contributed by atoms with Gasteiger partial charge in [0.1, 0.15) is 0 Å². The van der Waals surface area contributed by atoms with Crippen LogP contribution in [0.2, 0.25) is 0 Å². The second-order valence-electron chi connectivity index (χ2n) is 8.47. The van der Waals surface area contributed by atoms with Crippen molar-refractivity contribution in [3.63, 3.8) is 0 Å². The SMILES string of the molecule is COc1nn(C(F)F)cc1-c1ccc2cnc(CNC(=O)c3cnc4c(c3)[C@](C)(F)COC4)cc2n1. The number of nitrogens with one attached hydrogen (secondary N) is 1. The van der Waals surface area contributed by atoms with E-state index < -0.39 is 18.1 Å². The van der Waals surface area contributed by atoms with E-state index in [9.17, 15) is 18.0 Å². The average molecular weight is 498 g/mol. The first-order valence-electron chi connectivity index (χ1n) is 11.0. The number of aromatic nitrogens is 5. The molecule has 0 fully saturated rings. The quantitative estimate of drug-likeness (QED) is 0.430. The summed E-state index contributed by atoms with van der Waals surface area (Å²) in [5.41, 5.74) is 1.08. The normalized spacial score (nSPS) is 17.3. The minimum absolute atomic E-state index is 0.0262. The van der Waals surface area contributed by atoms with Crippen molar-refractivity contribution < 1.29 is 27.4 Å². The summed E-state index contributed by atoms with van der Waals surface area (Å²) in [4.78, 5) is 25.8. The molecule has 0 saturated heterocycles. The number of carbonyl (C=O) groups excluding carboxylic acids is 1. The molecular formula is C24H21F3N6O3. The molecule has 186 valence electrons. The lowest BCUT2D eigenvalue weighted by atomic mass is 9.94. The molecule has 4 aromatic rings. The van der Waals surface area contributed by atoms with Gasteiger partial charge in [0.2, 0.25) is 5.88 Å². The maximum atomic E-state index is 14.8. The largest absolute Gasteiger partial charge is 0.479 e. The minimum Gasteiger partial charge on any atom is -0.479 e. The van der Waals surface area contributed by atoms with Crippen LogP contribution >= 0.6 is 0 Å². The Hall–Kier alpha value is -4.06. The number of amides is 1. The molecule has 5 rings (SSSR count). The van der Waals surface area contributed by atoms with Crippen molar-refractivity contribution in [3.8, 4) is 17.1 Å². The van der Waals surface area contributed by atoms with Crippen LogP contribution in [0.3, 0.4) is 0 Å². The number of pyridine rings is 3. The third kappa shape index (κ3) is 4.47. The Labute approximate surface area is 203 Å². The van der Waals surface area contributed by atoms with Gasteiger partial charge in [-0.3, -0.25) is 14.8 Å². The van der Waals surface area contributed by atoms with Gasteiger partial charge < -0.3 is 14.8 Å². The molecule has 0 spiro atoms. The summed E-state index contributed by atoms with van der Waals surface area (Å²) in [6, 6.07) is 6.59. The first kappa shape index (κ1) is 23.7. The standard InChI is InChI=1S/C24H21F3N6O3/c1-24(27)12-36-11-20-17(24)5-14(8-29-20)21(34)30-9-15-6-19-13(7-28-15)3-4-18(31-19)16-10-33(23(25)26)32-22(16)35-2/h3-8,10,23H,9,11-12H2,1-2H3,(H,30,34)/t24-/m1/s1. The van der Waals surface area contributed by atoms with Gasteiger partial charge >= 0.3 is 6.55 Å². The molecule has 0 bridgehead atoms. The zero-order chi connectivity index (χ0) is 25.4. The van der Waals surface area contributed by atoms with E-state index in [1.807, 2.05) is 0 Å². The molecule has 1 N–H and O–H groups in total. The number of alkyl halides is 3. The van der Waals surface area contributed by atoms with Crippen LogP contribution in [-0.4, -0.2) is 44.4 Å². The summed E-state index contributed by atoms with van der Waals surface area (Å²) in [7, 11) is 1.34. The number of nitrogens with zero attached hydrogens (tertiary/aromatic N) is 5. The summed E-state index contributed by atoms with van der Waals surface area (Å²) >= 11 is 0. The van der Waals surface area contributed by atoms with E-state index in [-0.39, 0.29) is 31.2 Å². The molecule has 0 unspecified atom stereocenters. The van der Waals surface area contributed by atoms with Crippen LogP contribution in [0.25, 0.3) is 22.2 Å². The van der Waals surface area contributed by atoms with Crippen molar-refractivity contribution >= 4 is 16.8 Å². The Balaban J connectivity index is 1.36. The Morgan fingerprint density at radius 3 is 2.89 bits per heavy atom. The van der Waals surface area contributed by atoms with Crippen molar-refractivity contribution in [1.29, 1.82) is 0 Å². The monoisotopic (exact) mass is 498 g/mol. The van der Waals surface area contributed by atoms with Crippen molar-refractivity contribution in [3.05, 3.63) is 65.4 Å². The van der Waals surface area contributed by atoms with Crippen LogP contribution in [-0.2, 0) is 23.6 Å². The molecule has 9 nitrogen and oxygen atoms in total. The maximum absolute atomic E-state index is 14.8. The number of fused-ring (bicyclic) bond motifs is 2. The fourth-order valence-electron chi connectivity index (χ4n) is 3.98. The lowest BCUT2D eigenvalue weighted by molar-refractivity contribution is -0.00692. The molecular weight excluding hydrogens is 477 g/mol. The molecule has 0 saturated carbocycles. The van der Waals surface area contributed by atoms with E-state index in [1.54, 1.807) is 24.4 Å². The van der Waals surface area contributed by atoms with E-state index in [1.165, 1.54) is 32.5 Å². The summed E-state index contributed by atoms with van der Waals surface area (Å²) in [6.45, 7) is -1.24. The van der Waals surface area contributed by atoms with Crippen molar-refractivity contribution in [2.75, 3.05) is 13.7 Å². The van der Waals surface area contributed by atoms with Gasteiger partial charge in [-0.25, -0.2) is 14.1 Å². The minimum atomic E-state index is -2.81. The number of ether oxygens (including phenoxy) is 2. The van der Waals surface area contributed by atoms with Gasteiger partial charge in [-0.1, -0.05) is 0 Å². The van der Waals surface area contributed by atoms with E-state index >= 15 is 0 Å². The Morgan fingerprint density at radius 1 is 1.28 bits per heavy atom. The van der Waals surface area contributed by atoms with Crippen molar-refractivity contribution in [1.82, 2.24) is 30.0 Å². The third-order valence-electron chi connectivity index (χ3n) is 5.83. The molecule has 12 heteroatoms. The van der Waals surface area contributed by atoms with E-state index in [2.05, 4.69) is 25.4 Å². The molecule has 0 aliphatic carbocycles. The number of rotatable bonds is 6. The summed E-state index contributed by atoms with van der Waals surface area (Å²) in [6.07, 6.45) is 4.15. The van der Waals surface area contributed by atoms with Gasteiger partial charge in [-0.15, -0.1) is 5.10 Å². The van der Waals surface area contributed by atoms with Crippen LogP contribution in [0.4, 0.5) is 13.2 Å². The first-order valence-corrected chi connectivity index (χ1v) is 11.0. The number of hydrogen-bond donors (Lipinski definition) is 1. The Morgan fingerprint density at radius 2 is 2.11 bits per heavy atom. The van der Waals surface area contributed by atoms with Gasteiger partial charge in [0.15, 0.2) is 5.67 Å². The number of methoxy groups -OCH3 is 1. The fourth-order valence-corrected chi connectivity index (χ4v) is 3.98. The van der Waals surface area contributed by atoms with E-state index in [0.717, 1.165) is 5.39 Å². The lowest BCUT2D eigenvalue weighted by Crippen LogP contribution is -2.31. The molecule has 1 atom stereocenters. The molecule has 0 aromatic carbocycles. The van der Waals surface area contributed by atoms with Gasteiger partial charge in [-0.05, 0) is 31.2 Å². The second kappa shape index (κ2) is 9.19. The van der Waals surface area contributed by atoms with Crippen LogP contribution < -0.4 is 10.1 Å². The highest BCUT2D eigenvalue weighted by atomic mass is 19.3. The maximum Gasteiger partial charge on any atom is 0.333 e. The Kier molecular flexibility index (Phi) is 6.04. The topological polar surface area (TPSA) is 104 Å². The smallest absolute Gasteiger partial charge is 0.333 e. The van der Waals surface area contributed by atoms with Crippen LogP contribution in [0.1, 0.15) is 40.8 Å². The highest BCUT2D eigenvalue weighted by molar-refractivity contribution is 5.94. The Bertz CT molecular complexity index is 1460. The number of halogens is 3.